The zero-order valence-corrected chi connectivity index (χ0v) is 14.3. The van der Waals surface area contributed by atoms with Crippen molar-refractivity contribution in [3.63, 3.8) is 0 Å². The lowest BCUT2D eigenvalue weighted by atomic mass is 9.81. The molecule has 1 N–H and O–H groups in total. The quantitative estimate of drug-likeness (QED) is 0.878. The van der Waals surface area contributed by atoms with Gasteiger partial charge in [-0.2, -0.15) is 0 Å². The summed E-state index contributed by atoms with van der Waals surface area (Å²) in [6.45, 7) is 12.2. The van der Waals surface area contributed by atoms with Gasteiger partial charge in [0.15, 0.2) is 11.5 Å². The van der Waals surface area contributed by atoms with Crippen LogP contribution in [0.2, 0.25) is 0 Å². The van der Waals surface area contributed by atoms with Crippen molar-refractivity contribution in [3.05, 3.63) is 22.2 Å². The van der Waals surface area contributed by atoms with Gasteiger partial charge < -0.3 is 14.8 Å². The van der Waals surface area contributed by atoms with Crippen LogP contribution in [0.5, 0.6) is 11.5 Å². The first-order chi connectivity index (χ1) is 9.40. The molecule has 0 saturated heterocycles. The van der Waals surface area contributed by atoms with Gasteiger partial charge in [0.2, 0.25) is 0 Å². The molecular formula is C16H24BrNO2. The predicted octanol–water partition coefficient (Wildman–Crippen LogP) is 3.99. The number of hydrogen-bond acceptors (Lipinski definition) is 3. The summed E-state index contributed by atoms with van der Waals surface area (Å²) >= 11 is 3.55. The van der Waals surface area contributed by atoms with Crippen LogP contribution in [0, 0.1) is 11.3 Å². The van der Waals surface area contributed by atoms with E-state index in [1.807, 2.05) is 0 Å². The SMILES string of the molecule is CC(C)C(C)(C)CNCc1cc(Br)c2c(c1)OCCO2. The van der Waals surface area contributed by atoms with Crippen LogP contribution in [-0.2, 0) is 6.54 Å². The van der Waals surface area contributed by atoms with Crippen LogP contribution in [0.15, 0.2) is 16.6 Å². The van der Waals surface area contributed by atoms with Gasteiger partial charge in [0.25, 0.3) is 0 Å². The molecule has 0 spiro atoms. The van der Waals surface area contributed by atoms with Crippen LogP contribution in [0.1, 0.15) is 33.3 Å². The second-order valence-corrected chi connectivity index (χ2v) is 7.20. The summed E-state index contributed by atoms with van der Waals surface area (Å²) in [5.74, 6) is 2.31. The van der Waals surface area contributed by atoms with E-state index in [1.165, 1.54) is 5.56 Å². The van der Waals surface area contributed by atoms with Crippen LogP contribution >= 0.6 is 15.9 Å². The fourth-order valence-corrected chi connectivity index (χ4v) is 2.60. The Hall–Kier alpha value is -0.740. The summed E-state index contributed by atoms with van der Waals surface area (Å²) in [7, 11) is 0. The molecule has 0 saturated carbocycles. The molecule has 4 heteroatoms. The molecule has 0 radical (unpaired) electrons. The topological polar surface area (TPSA) is 30.5 Å². The fraction of sp³-hybridized carbons (Fsp3) is 0.625. The van der Waals surface area contributed by atoms with Crippen molar-refractivity contribution >= 4 is 15.9 Å². The lowest BCUT2D eigenvalue weighted by Gasteiger charge is -2.29. The normalized spacial score (nSPS) is 14.7. The highest BCUT2D eigenvalue weighted by Gasteiger charge is 2.22. The first kappa shape index (κ1) is 15.6. The molecule has 0 aromatic heterocycles. The van der Waals surface area contributed by atoms with Gasteiger partial charge in [0.1, 0.15) is 13.2 Å². The van der Waals surface area contributed by atoms with Gasteiger partial charge in [-0.25, -0.2) is 0 Å². The maximum atomic E-state index is 5.65. The minimum Gasteiger partial charge on any atom is -0.486 e. The number of fused-ring (bicyclic) bond motifs is 1. The summed E-state index contributed by atoms with van der Waals surface area (Å²) in [4.78, 5) is 0. The molecule has 112 valence electrons. The molecule has 0 aliphatic carbocycles. The van der Waals surface area contributed by atoms with Crippen molar-refractivity contribution in [3.8, 4) is 11.5 Å². The number of ether oxygens (including phenoxy) is 2. The summed E-state index contributed by atoms with van der Waals surface area (Å²) in [6.07, 6.45) is 0. The molecule has 3 nitrogen and oxygen atoms in total. The van der Waals surface area contributed by atoms with Crippen molar-refractivity contribution in [2.24, 2.45) is 11.3 Å². The van der Waals surface area contributed by atoms with E-state index >= 15 is 0 Å². The van der Waals surface area contributed by atoms with Crippen LogP contribution in [0.4, 0.5) is 0 Å². The predicted molar refractivity (Wildman–Crippen MR) is 85.5 cm³/mol. The van der Waals surface area contributed by atoms with Crippen LogP contribution in [-0.4, -0.2) is 19.8 Å². The average molecular weight is 342 g/mol. The zero-order valence-electron chi connectivity index (χ0n) is 12.8. The molecule has 1 aliphatic rings. The molecule has 1 heterocycles. The molecule has 0 amide bonds. The second kappa shape index (κ2) is 6.35. The second-order valence-electron chi connectivity index (χ2n) is 6.35. The van der Waals surface area contributed by atoms with Crippen molar-refractivity contribution in [2.45, 2.75) is 34.2 Å². The lowest BCUT2D eigenvalue weighted by molar-refractivity contribution is 0.170. The van der Waals surface area contributed by atoms with Crippen LogP contribution in [0.25, 0.3) is 0 Å². The molecule has 1 aromatic carbocycles. The Kier molecular flexibility index (Phi) is 4.97. The number of rotatable bonds is 5. The van der Waals surface area contributed by atoms with Crippen molar-refractivity contribution < 1.29 is 9.47 Å². The maximum absolute atomic E-state index is 5.65. The third-order valence-electron chi connectivity index (χ3n) is 4.13. The Labute approximate surface area is 130 Å². The number of nitrogens with one attached hydrogen (secondary N) is 1. The van der Waals surface area contributed by atoms with Gasteiger partial charge in [-0.1, -0.05) is 27.7 Å². The summed E-state index contributed by atoms with van der Waals surface area (Å²) in [5, 5.41) is 3.54. The molecule has 0 bridgehead atoms. The van der Waals surface area contributed by atoms with E-state index < -0.39 is 0 Å². The Balaban J connectivity index is 1.99. The first-order valence-corrected chi connectivity index (χ1v) is 7.98. The maximum Gasteiger partial charge on any atom is 0.175 e. The van der Waals surface area contributed by atoms with Gasteiger partial charge in [0, 0.05) is 13.1 Å². The van der Waals surface area contributed by atoms with E-state index in [1.54, 1.807) is 0 Å². The number of hydrogen-bond donors (Lipinski definition) is 1. The number of halogens is 1. The largest absolute Gasteiger partial charge is 0.486 e. The van der Waals surface area contributed by atoms with Crippen LogP contribution < -0.4 is 14.8 Å². The Morgan fingerprint density at radius 1 is 1.25 bits per heavy atom. The number of benzene rings is 1. The van der Waals surface area contributed by atoms with Gasteiger partial charge in [-0.3, -0.25) is 0 Å². The average Bonchev–Trinajstić information content (AvgIpc) is 2.38. The summed E-state index contributed by atoms with van der Waals surface area (Å²) in [6, 6.07) is 4.16. The third-order valence-corrected chi connectivity index (χ3v) is 4.72. The molecule has 2 rings (SSSR count). The molecule has 0 atom stereocenters. The van der Waals surface area contributed by atoms with Crippen molar-refractivity contribution in [2.75, 3.05) is 19.8 Å². The molecule has 1 aliphatic heterocycles. The minimum atomic E-state index is 0.297. The van der Waals surface area contributed by atoms with E-state index in [2.05, 4.69) is 61.1 Å². The summed E-state index contributed by atoms with van der Waals surface area (Å²) in [5.41, 5.74) is 1.51. The monoisotopic (exact) mass is 341 g/mol. The minimum absolute atomic E-state index is 0.297. The lowest BCUT2D eigenvalue weighted by Crippen LogP contribution is -2.33. The Morgan fingerprint density at radius 3 is 2.65 bits per heavy atom. The van der Waals surface area contributed by atoms with Gasteiger partial charge in [-0.15, -0.1) is 0 Å². The summed E-state index contributed by atoms with van der Waals surface area (Å²) < 4.78 is 12.2. The Bertz CT molecular complexity index is 472. The zero-order chi connectivity index (χ0) is 14.8. The first-order valence-electron chi connectivity index (χ1n) is 7.19. The molecular weight excluding hydrogens is 318 g/mol. The third kappa shape index (κ3) is 3.67. The van der Waals surface area contributed by atoms with Gasteiger partial charge >= 0.3 is 0 Å². The van der Waals surface area contributed by atoms with E-state index in [0.717, 1.165) is 29.1 Å². The highest BCUT2D eigenvalue weighted by molar-refractivity contribution is 9.10. The van der Waals surface area contributed by atoms with Crippen molar-refractivity contribution in [1.82, 2.24) is 5.32 Å². The molecule has 0 unspecified atom stereocenters. The highest BCUT2D eigenvalue weighted by Crippen LogP contribution is 2.38. The van der Waals surface area contributed by atoms with Crippen LogP contribution in [0.3, 0.4) is 0 Å². The van der Waals surface area contributed by atoms with E-state index in [-0.39, 0.29) is 0 Å². The van der Waals surface area contributed by atoms with E-state index in [0.29, 0.717) is 24.5 Å². The standard InChI is InChI=1S/C16H24BrNO2/c1-11(2)16(3,4)10-18-9-12-7-13(17)15-14(8-12)19-5-6-20-15/h7-8,11,18H,5-6,9-10H2,1-4H3. The smallest absolute Gasteiger partial charge is 0.175 e. The Morgan fingerprint density at radius 2 is 1.95 bits per heavy atom. The molecule has 20 heavy (non-hydrogen) atoms. The van der Waals surface area contributed by atoms with Gasteiger partial charge in [0.05, 0.1) is 4.47 Å². The van der Waals surface area contributed by atoms with Gasteiger partial charge in [-0.05, 0) is 45.0 Å². The van der Waals surface area contributed by atoms with E-state index in [4.69, 9.17) is 9.47 Å². The molecule has 1 aromatic rings. The highest BCUT2D eigenvalue weighted by atomic mass is 79.9. The fourth-order valence-electron chi connectivity index (χ4n) is 2.00. The van der Waals surface area contributed by atoms with E-state index in [9.17, 15) is 0 Å². The van der Waals surface area contributed by atoms with Crippen molar-refractivity contribution in [1.29, 1.82) is 0 Å². The molecule has 0 fully saturated rings.